The fourth-order valence-corrected chi connectivity index (χ4v) is 5.92. The third kappa shape index (κ3) is 3.74. The van der Waals surface area contributed by atoms with Crippen LogP contribution in [0.2, 0.25) is 0 Å². The number of carbonyl (C=O) groups excluding carboxylic acids is 1. The summed E-state index contributed by atoms with van der Waals surface area (Å²) in [5, 5.41) is 1.62. The fraction of sp³-hybridized carbons (Fsp3) is 0.421. The molecule has 3 heterocycles. The molecule has 150 valence electrons. The molecule has 4 rings (SSSR count). The number of thiophene rings is 1. The van der Waals surface area contributed by atoms with Gasteiger partial charge in [0.15, 0.2) is 11.5 Å². The SMILES string of the molecule is CN(CC1COc2ccccc2O1)S(=O)(=O)c1cc(C(=O)N2CCCC2)cs1. The zero-order valence-corrected chi connectivity index (χ0v) is 17.2. The zero-order valence-electron chi connectivity index (χ0n) is 15.5. The van der Waals surface area contributed by atoms with Gasteiger partial charge in [-0.2, -0.15) is 4.31 Å². The van der Waals surface area contributed by atoms with Gasteiger partial charge in [-0.15, -0.1) is 11.3 Å². The molecular formula is C19H22N2O5S2. The fourth-order valence-electron chi connectivity index (χ4n) is 3.36. The second kappa shape index (κ2) is 7.73. The highest BCUT2D eigenvalue weighted by Crippen LogP contribution is 2.32. The maximum absolute atomic E-state index is 12.9. The smallest absolute Gasteiger partial charge is 0.254 e. The molecule has 9 heteroatoms. The zero-order chi connectivity index (χ0) is 19.7. The largest absolute Gasteiger partial charge is 0.486 e. The molecule has 1 aromatic heterocycles. The van der Waals surface area contributed by atoms with Crippen LogP contribution in [-0.4, -0.2) is 62.9 Å². The summed E-state index contributed by atoms with van der Waals surface area (Å²) in [6.07, 6.45) is 1.59. The summed E-state index contributed by atoms with van der Waals surface area (Å²) in [5.41, 5.74) is 0.435. The molecule has 1 aromatic carbocycles. The number of hydrogen-bond acceptors (Lipinski definition) is 6. The van der Waals surface area contributed by atoms with Crippen LogP contribution >= 0.6 is 11.3 Å². The van der Waals surface area contributed by atoms with Crippen LogP contribution in [0, 0.1) is 0 Å². The van der Waals surface area contributed by atoms with Gasteiger partial charge < -0.3 is 14.4 Å². The van der Waals surface area contributed by atoms with Gasteiger partial charge >= 0.3 is 0 Å². The van der Waals surface area contributed by atoms with Crippen LogP contribution in [0.3, 0.4) is 0 Å². The number of sulfonamides is 1. The lowest BCUT2D eigenvalue weighted by atomic mass is 10.2. The molecule has 7 nitrogen and oxygen atoms in total. The Hall–Kier alpha value is -2.10. The van der Waals surface area contributed by atoms with E-state index in [-0.39, 0.29) is 23.3 Å². The molecule has 0 spiro atoms. The van der Waals surface area contributed by atoms with Crippen molar-refractivity contribution in [2.75, 3.05) is 33.3 Å². The highest BCUT2D eigenvalue weighted by atomic mass is 32.2. The van der Waals surface area contributed by atoms with Crippen molar-refractivity contribution in [1.29, 1.82) is 0 Å². The standard InChI is InChI=1S/C19H22N2O5S2/c1-20(11-15-12-25-16-6-2-3-7-17(16)26-15)28(23,24)18-10-14(13-27-18)19(22)21-8-4-5-9-21/h2-3,6-7,10,13,15H,4-5,8-9,11-12H2,1H3. The van der Waals surface area contributed by atoms with E-state index in [1.54, 1.807) is 16.3 Å². The van der Waals surface area contributed by atoms with Crippen molar-refractivity contribution in [2.45, 2.75) is 23.2 Å². The number of benzene rings is 1. The first-order chi connectivity index (χ1) is 13.4. The van der Waals surface area contributed by atoms with Crippen molar-refractivity contribution in [3.63, 3.8) is 0 Å². The lowest BCUT2D eigenvalue weighted by Crippen LogP contribution is -2.41. The Labute approximate surface area is 168 Å². The molecule has 1 atom stereocenters. The van der Waals surface area contributed by atoms with Crippen molar-refractivity contribution in [3.05, 3.63) is 41.3 Å². The van der Waals surface area contributed by atoms with Crippen LogP contribution in [0.5, 0.6) is 11.5 Å². The Morgan fingerprint density at radius 2 is 1.96 bits per heavy atom. The number of likely N-dealkylation sites (N-methyl/N-ethyl adjacent to an activating group) is 1. The molecule has 2 aliphatic heterocycles. The predicted molar refractivity (Wildman–Crippen MR) is 106 cm³/mol. The summed E-state index contributed by atoms with van der Waals surface area (Å²) in [6.45, 7) is 1.90. The molecule has 0 aliphatic carbocycles. The minimum absolute atomic E-state index is 0.0986. The van der Waals surface area contributed by atoms with E-state index in [0.717, 1.165) is 37.3 Å². The van der Waals surface area contributed by atoms with E-state index in [9.17, 15) is 13.2 Å². The molecule has 1 unspecified atom stereocenters. The average molecular weight is 423 g/mol. The third-order valence-corrected chi connectivity index (χ3v) is 8.15. The van der Waals surface area contributed by atoms with Crippen LogP contribution in [0.1, 0.15) is 23.2 Å². The second-order valence-corrected chi connectivity index (χ2v) is 10.1. The van der Waals surface area contributed by atoms with Gasteiger partial charge in [-0.05, 0) is 31.0 Å². The van der Waals surface area contributed by atoms with Crippen molar-refractivity contribution >= 4 is 27.3 Å². The van der Waals surface area contributed by atoms with E-state index >= 15 is 0 Å². The van der Waals surface area contributed by atoms with Crippen LogP contribution in [0.25, 0.3) is 0 Å². The lowest BCUT2D eigenvalue weighted by molar-refractivity contribution is 0.0792. The Morgan fingerprint density at radius 1 is 1.25 bits per heavy atom. The van der Waals surface area contributed by atoms with Crippen LogP contribution in [0.4, 0.5) is 0 Å². The first-order valence-corrected chi connectivity index (χ1v) is 11.5. The second-order valence-electron chi connectivity index (χ2n) is 6.94. The maximum Gasteiger partial charge on any atom is 0.254 e. The van der Waals surface area contributed by atoms with Gasteiger partial charge in [0.25, 0.3) is 15.9 Å². The molecule has 0 radical (unpaired) electrons. The molecule has 28 heavy (non-hydrogen) atoms. The van der Waals surface area contributed by atoms with Crippen LogP contribution in [-0.2, 0) is 10.0 Å². The first kappa shape index (κ1) is 19.2. The number of carbonyl (C=O) groups is 1. The van der Waals surface area contributed by atoms with Gasteiger partial charge in [-0.25, -0.2) is 8.42 Å². The summed E-state index contributed by atoms with van der Waals surface area (Å²) in [6, 6.07) is 8.79. The number of rotatable bonds is 5. The average Bonchev–Trinajstić information content (AvgIpc) is 3.39. The van der Waals surface area contributed by atoms with Gasteiger partial charge in [0.05, 0.1) is 12.1 Å². The van der Waals surface area contributed by atoms with Gasteiger partial charge in [-0.3, -0.25) is 4.79 Å². The highest BCUT2D eigenvalue weighted by molar-refractivity contribution is 7.91. The Bertz CT molecular complexity index is 966. The van der Waals surface area contributed by atoms with E-state index in [0.29, 0.717) is 17.1 Å². The summed E-state index contributed by atoms with van der Waals surface area (Å²) >= 11 is 1.07. The Kier molecular flexibility index (Phi) is 5.31. The normalized spacial score (nSPS) is 19.2. The third-order valence-electron chi connectivity index (χ3n) is 4.91. The number of ether oxygens (including phenoxy) is 2. The van der Waals surface area contributed by atoms with Gasteiger partial charge in [0.2, 0.25) is 0 Å². The van der Waals surface area contributed by atoms with E-state index in [1.165, 1.54) is 17.4 Å². The monoisotopic (exact) mass is 422 g/mol. The van der Waals surface area contributed by atoms with Crippen LogP contribution in [0.15, 0.2) is 39.9 Å². The molecule has 0 bridgehead atoms. The van der Waals surface area contributed by atoms with Crippen LogP contribution < -0.4 is 9.47 Å². The molecule has 2 aliphatic rings. The van der Waals surface area contributed by atoms with Gasteiger partial charge in [0, 0.05) is 25.5 Å². The maximum atomic E-state index is 12.9. The molecule has 1 amide bonds. The van der Waals surface area contributed by atoms with E-state index in [1.807, 2.05) is 18.2 Å². The number of fused-ring (bicyclic) bond motifs is 1. The van der Waals surface area contributed by atoms with Crippen molar-refractivity contribution in [1.82, 2.24) is 9.21 Å². The first-order valence-electron chi connectivity index (χ1n) is 9.18. The molecule has 1 fully saturated rings. The Morgan fingerprint density at radius 3 is 2.71 bits per heavy atom. The summed E-state index contributed by atoms with van der Waals surface area (Å²) in [5.74, 6) is 1.17. The van der Waals surface area contributed by atoms with E-state index in [4.69, 9.17) is 9.47 Å². The highest BCUT2D eigenvalue weighted by Gasteiger charge is 2.30. The summed E-state index contributed by atoms with van der Waals surface area (Å²) < 4.78 is 38.8. The lowest BCUT2D eigenvalue weighted by Gasteiger charge is -2.29. The predicted octanol–water partition coefficient (Wildman–Crippen LogP) is 2.44. The van der Waals surface area contributed by atoms with E-state index < -0.39 is 16.1 Å². The van der Waals surface area contributed by atoms with Gasteiger partial charge in [-0.1, -0.05) is 12.1 Å². The van der Waals surface area contributed by atoms with Crippen molar-refractivity contribution < 1.29 is 22.7 Å². The number of likely N-dealkylation sites (tertiary alicyclic amines) is 1. The van der Waals surface area contributed by atoms with Crippen molar-refractivity contribution in [3.8, 4) is 11.5 Å². The molecule has 0 saturated carbocycles. The minimum atomic E-state index is -3.71. The number of hydrogen-bond donors (Lipinski definition) is 0. The summed E-state index contributed by atoms with van der Waals surface area (Å²) in [7, 11) is -2.19. The van der Waals surface area contributed by atoms with E-state index in [2.05, 4.69) is 0 Å². The quantitative estimate of drug-likeness (QED) is 0.740. The summed E-state index contributed by atoms with van der Waals surface area (Å²) in [4.78, 5) is 14.2. The number of nitrogens with zero attached hydrogens (tertiary/aromatic N) is 2. The Balaban J connectivity index is 1.44. The molecule has 1 saturated heterocycles. The molecular weight excluding hydrogens is 400 g/mol. The topological polar surface area (TPSA) is 76.1 Å². The van der Waals surface area contributed by atoms with Crippen molar-refractivity contribution in [2.24, 2.45) is 0 Å². The van der Waals surface area contributed by atoms with Gasteiger partial charge in [0.1, 0.15) is 16.9 Å². The molecule has 2 aromatic rings. The minimum Gasteiger partial charge on any atom is -0.486 e. The number of para-hydroxylation sites is 2. The number of amides is 1. The molecule has 0 N–H and O–H groups in total.